The van der Waals surface area contributed by atoms with E-state index in [0.29, 0.717) is 11.3 Å². The van der Waals surface area contributed by atoms with Crippen molar-refractivity contribution in [2.75, 3.05) is 19.0 Å². The molecule has 29 heavy (non-hydrogen) atoms. The van der Waals surface area contributed by atoms with E-state index >= 15 is 0 Å². The van der Waals surface area contributed by atoms with E-state index in [1.54, 1.807) is 24.3 Å². The first-order valence-corrected chi connectivity index (χ1v) is 8.85. The molecule has 2 N–H and O–H groups in total. The number of anilines is 1. The standard InChI is InChI=1S/C21H22N2O6/c1-14(24)22-18(15-6-4-3-5-7-15)12-20(26)29-13-19(25)23-17-10-8-16(9-11-17)21(27)28-2/h3-11,18H,12-13H2,1-2H3,(H,22,24)(H,23,25)/t18-/m1/s1. The van der Waals surface area contributed by atoms with Gasteiger partial charge < -0.3 is 20.1 Å². The summed E-state index contributed by atoms with van der Waals surface area (Å²) in [6.07, 6.45) is -0.106. The van der Waals surface area contributed by atoms with Crippen LogP contribution < -0.4 is 10.6 Å². The highest BCUT2D eigenvalue weighted by Crippen LogP contribution is 2.17. The molecular formula is C21H22N2O6. The van der Waals surface area contributed by atoms with Gasteiger partial charge >= 0.3 is 11.9 Å². The van der Waals surface area contributed by atoms with Crippen molar-refractivity contribution < 1.29 is 28.7 Å². The number of amides is 2. The van der Waals surface area contributed by atoms with E-state index in [1.807, 2.05) is 6.07 Å². The van der Waals surface area contributed by atoms with Crippen LogP contribution in [0, 0.1) is 0 Å². The predicted octanol–water partition coefficient (Wildman–Crippen LogP) is 2.22. The SMILES string of the molecule is COC(=O)c1ccc(NC(=O)COC(=O)C[C@@H](NC(C)=O)c2ccccc2)cc1. The molecule has 0 unspecified atom stereocenters. The van der Waals surface area contributed by atoms with Crippen molar-refractivity contribution in [1.82, 2.24) is 5.32 Å². The lowest BCUT2D eigenvalue weighted by atomic mass is 10.0. The van der Waals surface area contributed by atoms with E-state index in [-0.39, 0.29) is 12.3 Å². The van der Waals surface area contributed by atoms with Crippen molar-refractivity contribution >= 4 is 29.4 Å². The summed E-state index contributed by atoms with van der Waals surface area (Å²) in [7, 11) is 1.28. The summed E-state index contributed by atoms with van der Waals surface area (Å²) in [5.41, 5.74) is 1.55. The molecule has 0 aromatic heterocycles. The van der Waals surface area contributed by atoms with Gasteiger partial charge in [0, 0.05) is 12.6 Å². The molecule has 0 aliphatic carbocycles. The number of ether oxygens (including phenoxy) is 2. The maximum Gasteiger partial charge on any atom is 0.337 e. The summed E-state index contributed by atoms with van der Waals surface area (Å²) in [5, 5.41) is 5.26. The summed E-state index contributed by atoms with van der Waals surface area (Å²) in [5.74, 6) is -1.91. The number of nitrogens with one attached hydrogen (secondary N) is 2. The van der Waals surface area contributed by atoms with Gasteiger partial charge in [-0.1, -0.05) is 30.3 Å². The maximum atomic E-state index is 12.1. The minimum atomic E-state index is -0.621. The van der Waals surface area contributed by atoms with Crippen LogP contribution in [0.1, 0.15) is 35.3 Å². The van der Waals surface area contributed by atoms with Gasteiger partial charge in [0.1, 0.15) is 0 Å². The molecule has 2 aromatic rings. The number of rotatable bonds is 8. The summed E-state index contributed by atoms with van der Waals surface area (Å²) in [6.45, 7) is 0.888. The van der Waals surface area contributed by atoms with Crippen molar-refractivity contribution in [1.29, 1.82) is 0 Å². The number of carbonyl (C=O) groups is 4. The minimum Gasteiger partial charge on any atom is -0.465 e. The molecule has 0 bridgehead atoms. The topological polar surface area (TPSA) is 111 Å². The van der Waals surface area contributed by atoms with Crippen molar-refractivity contribution in [3.8, 4) is 0 Å². The lowest BCUT2D eigenvalue weighted by molar-refractivity contribution is -0.148. The molecule has 1 atom stereocenters. The molecule has 152 valence electrons. The average molecular weight is 398 g/mol. The largest absolute Gasteiger partial charge is 0.465 e. The van der Waals surface area contributed by atoms with Gasteiger partial charge in [0.15, 0.2) is 6.61 Å². The number of hydrogen-bond donors (Lipinski definition) is 2. The first-order chi connectivity index (χ1) is 13.9. The van der Waals surface area contributed by atoms with Crippen LogP contribution in [0.15, 0.2) is 54.6 Å². The monoisotopic (exact) mass is 398 g/mol. The molecule has 8 nitrogen and oxygen atoms in total. The Morgan fingerprint density at radius 3 is 2.21 bits per heavy atom. The molecule has 0 radical (unpaired) electrons. The van der Waals surface area contributed by atoms with Crippen LogP contribution in [0.3, 0.4) is 0 Å². The molecular weight excluding hydrogens is 376 g/mol. The van der Waals surface area contributed by atoms with Crippen LogP contribution in [-0.2, 0) is 23.9 Å². The summed E-state index contributed by atoms with van der Waals surface area (Å²) >= 11 is 0. The molecule has 2 aromatic carbocycles. The Morgan fingerprint density at radius 2 is 1.62 bits per heavy atom. The smallest absolute Gasteiger partial charge is 0.337 e. The predicted molar refractivity (Wildman–Crippen MR) is 105 cm³/mol. The highest BCUT2D eigenvalue weighted by molar-refractivity contribution is 5.94. The number of esters is 2. The van der Waals surface area contributed by atoms with Crippen LogP contribution in [0.4, 0.5) is 5.69 Å². The molecule has 0 aliphatic rings. The first-order valence-electron chi connectivity index (χ1n) is 8.85. The third-order valence-corrected chi connectivity index (χ3v) is 3.90. The fourth-order valence-electron chi connectivity index (χ4n) is 2.56. The average Bonchev–Trinajstić information content (AvgIpc) is 2.72. The van der Waals surface area contributed by atoms with Gasteiger partial charge in [-0.05, 0) is 29.8 Å². The summed E-state index contributed by atoms with van der Waals surface area (Å²) in [6, 6.07) is 14.5. The van der Waals surface area contributed by atoms with E-state index < -0.39 is 30.5 Å². The van der Waals surface area contributed by atoms with E-state index in [1.165, 1.54) is 38.3 Å². The molecule has 0 spiro atoms. The Bertz CT molecular complexity index is 864. The van der Waals surface area contributed by atoms with Crippen LogP contribution >= 0.6 is 0 Å². The number of benzene rings is 2. The molecule has 0 saturated carbocycles. The summed E-state index contributed by atoms with van der Waals surface area (Å²) < 4.78 is 9.61. The molecule has 2 amide bonds. The highest BCUT2D eigenvalue weighted by atomic mass is 16.5. The molecule has 8 heteroatoms. The Kier molecular flexibility index (Phi) is 7.90. The van der Waals surface area contributed by atoms with Crippen molar-refractivity contribution in [2.45, 2.75) is 19.4 Å². The van der Waals surface area contributed by atoms with Crippen molar-refractivity contribution in [2.24, 2.45) is 0 Å². The molecule has 0 heterocycles. The Hall–Kier alpha value is -3.68. The van der Waals surface area contributed by atoms with E-state index in [4.69, 9.17) is 4.74 Å². The zero-order valence-corrected chi connectivity index (χ0v) is 16.1. The van der Waals surface area contributed by atoms with Gasteiger partial charge in [-0.2, -0.15) is 0 Å². The second-order valence-corrected chi connectivity index (χ2v) is 6.15. The lowest BCUT2D eigenvalue weighted by Gasteiger charge is -2.17. The fourth-order valence-corrected chi connectivity index (χ4v) is 2.56. The van der Waals surface area contributed by atoms with E-state index in [0.717, 1.165) is 5.56 Å². The molecule has 2 rings (SSSR count). The molecule has 0 aliphatic heterocycles. The fraction of sp³-hybridized carbons (Fsp3) is 0.238. The normalized spacial score (nSPS) is 11.1. The second-order valence-electron chi connectivity index (χ2n) is 6.15. The Morgan fingerprint density at radius 1 is 0.966 bits per heavy atom. The van der Waals surface area contributed by atoms with Gasteiger partial charge in [0.25, 0.3) is 5.91 Å². The number of carbonyl (C=O) groups excluding carboxylic acids is 4. The van der Waals surface area contributed by atoms with E-state index in [9.17, 15) is 19.2 Å². The van der Waals surface area contributed by atoms with Gasteiger partial charge in [-0.25, -0.2) is 4.79 Å². The highest BCUT2D eigenvalue weighted by Gasteiger charge is 2.18. The van der Waals surface area contributed by atoms with Crippen LogP contribution in [0.25, 0.3) is 0 Å². The third-order valence-electron chi connectivity index (χ3n) is 3.90. The molecule has 0 saturated heterocycles. The molecule has 0 fully saturated rings. The van der Waals surface area contributed by atoms with Gasteiger partial charge in [0.2, 0.25) is 5.91 Å². The van der Waals surface area contributed by atoms with Crippen molar-refractivity contribution in [3.05, 3.63) is 65.7 Å². The van der Waals surface area contributed by atoms with Crippen LogP contribution in [-0.4, -0.2) is 37.5 Å². The zero-order chi connectivity index (χ0) is 21.2. The Labute approximate surface area is 168 Å². The number of hydrogen-bond acceptors (Lipinski definition) is 6. The number of methoxy groups -OCH3 is 1. The third kappa shape index (κ3) is 7.10. The Balaban J connectivity index is 1.86. The van der Waals surface area contributed by atoms with E-state index in [2.05, 4.69) is 15.4 Å². The minimum absolute atomic E-state index is 0.106. The van der Waals surface area contributed by atoms with Crippen LogP contribution in [0.5, 0.6) is 0 Å². The lowest BCUT2D eigenvalue weighted by Crippen LogP contribution is -2.29. The quantitative estimate of drug-likeness (QED) is 0.660. The zero-order valence-electron chi connectivity index (χ0n) is 16.1. The second kappa shape index (κ2) is 10.6. The van der Waals surface area contributed by atoms with Crippen LogP contribution in [0.2, 0.25) is 0 Å². The van der Waals surface area contributed by atoms with Gasteiger partial charge in [-0.3, -0.25) is 14.4 Å². The maximum absolute atomic E-state index is 12.1. The summed E-state index contributed by atoms with van der Waals surface area (Å²) in [4.78, 5) is 46.9. The van der Waals surface area contributed by atoms with Crippen molar-refractivity contribution in [3.63, 3.8) is 0 Å². The van der Waals surface area contributed by atoms with Gasteiger partial charge in [0.05, 0.1) is 25.1 Å². The van der Waals surface area contributed by atoms with Gasteiger partial charge in [-0.15, -0.1) is 0 Å². The first kappa shape index (κ1) is 21.6.